The molecule has 2 aromatic carbocycles. The quantitative estimate of drug-likeness (QED) is 0.882. The van der Waals surface area contributed by atoms with Crippen LogP contribution in [0.15, 0.2) is 54.6 Å². The molecule has 0 bridgehead atoms. The van der Waals surface area contributed by atoms with Crippen LogP contribution < -0.4 is 5.32 Å². The molecule has 2 aromatic rings. The highest BCUT2D eigenvalue weighted by atomic mass is 16.2. The summed E-state index contributed by atoms with van der Waals surface area (Å²) >= 11 is 0. The van der Waals surface area contributed by atoms with Crippen LogP contribution in [0.4, 0.5) is 0 Å². The maximum atomic E-state index is 12.5. The van der Waals surface area contributed by atoms with Gasteiger partial charge in [0.1, 0.15) is 0 Å². The van der Waals surface area contributed by atoms with Crippen LogP contribution in [0.25, 0.3) is 0 Å². The number of amides is 2. The molecule has 2 atom stereocenters. The second-order valence-electron chi connectivity index (χ2n) is 6.83. The van der Waals surface area contributed by atoms with Crippen molar-refractivity contribution in [3.05, 3.63) is 71.3 Å². The predicted molar refractivity (Wildman–Crippen MR) is 97.5 cm³/mol. The van der Waals surface area contributed by atoms with Crippen LogP contribution in [-0.2, 0) is 22.7 Å². The Labute approximate surface area is 148 Å². The number of benzene rings is 2. The third-order valence-corrected chi connectivity index (χ3v) is 4.67. The number of carbonyl (C=O) groups excluding carboxylic acids is 2. The maximum absolute atomic E-state index is 12.5. The van der Waals surface area contributed by atoms with E-state index in [9.17, 15) is 9.59 Å². The molecule has 2 unspecified atom stereocenters. The predicted octanol–water partition coefficient (Wildman–Crippen LogP) is 2.91. The number of aryl methyl sites for hydroxylation is 1. The summed E-state index contributed by atoms with van der Waals surface area (Å²) in [7, 11) is 1.80. The van der Waals surface area contributed by atoms with Gasteiger partial charge in [-0.25, -0.2) is 0 Å². The molecule has 4 heteroatoms. The van der Waals surface area contributed by atoms with Gasteiger partial charge in [0.25, 0.3) is 0 Å². The van der Waals surface area contributed by atoms with Crippen LogP contribution in [0, 0.1) is 18.8 Å². The number of rotatable bonds is 6. The summed E-state index contributed by atoms with van der Waals surface area (Å²) in [5.41, 5.74) is 3.37. The van der Waals surface area contributed by atoms with Gasteiger partial charge in [0, 0.05) is 20.1 Å². The van der Waals surface area contributed by atoms with Crippen LogP contribution in [0.1, 0.15) is 23.1 Å². The van der Waals surface area contributed by atoms with Crippen molar-refractivity contribution in [1.82, 2.24) is 10.2 Å². The highest BCUT2D eigenvalue weighted by Crippen LogP contribution is 2.40. The largest absolute Gasteiger partial charge is 0.352 e. The third-order valence-electron chi connectivity index (χ3n) is 4.67. The molecule has 0 heterocycles. The lowest BCUT2D eigenvalue weighted by molar-refractivity contribution is -0.134. The molecule has 1 saturated carbocycles. The minimum absolute atomic E-state index is 0.0213. The molecule has 1 aliphatic rings. The molecular formula is C21H24N2O2. The number of nitrogens with one attached hydrogen (secondary N) is 1. The molecule has 0 spiro atoms. The number of nitrogens with zero attached hydrogens (tertiary/aromatic N) is 1. The summed E-state index contributed by atoms with van der Waals surface area (Å²) in [4.78, 5) is 26.5. The Bertz CT molecular complexity index is 740. The summed E-state index contributed by atoms with van der Waals surface area (Å²) in [5, 5.41) is 2.94. The molecular weight excluding hydrogens is 312 g/mol. The zero-order chi connectivity index (χ0) is 17.8. The van der Waals surface area contributed by atoms with Gasteiger partial charge in [-0.1, -0.05) is 60.2 Å². The zero-order valence-corrected chi connectivity index (χ0v) is 14.7. The standard InChI is InChI=1S/C21H24N2O2/c1-15-8-10-16(11-9-15)13-22-20(24)18-12-19(18)21(25)23(2)14-17-6-4-3-5-7-17/h3-11,18-19H,12-14H2,1-2H3,(H,22,24). The maximum Gasteiger partial charge on any atom is 0.226 e. The first-order chi connectivity index (χ1) is 12.0. The van der Waals surface area contributed by atoms with Crippen molar-refractivity contribution in [2.24, 2.45) is 11.8 Å². The fourth-order valence-electron chi connectivity index (χ4n) is 3.00. The van der Waals surface area contributed by atoms with E-state index in [0.717, 1.165) is 11.1 Å². The van der Waals surface area contributed by atoms with E-state index >= 15 is 0 Å². The summed E-state index contributed by atoms with van der Waals surface area (Å²) < 4.78 is 0. The van der Waals surface area contributed by atoms with E-state index in [0.29, 0.717) is 19.5 Å². The van der Waals surface area contributed by atoms with Crippen molar-refractivity contribution in [2.45, 2.75) is 26.4 Å². The van der Waals surface area contributed by atoms with E-state index in [1.807, 2.05) is 61.5 Å². The molecule has 4 nitrogen and oxygen atoms in total. The Morgan fingerprint density at radius 1 is 1.00 bits per heavy atom. The minimum atomic E-state index is -0.184. The van der Waals surface area contributed by atoms with Gasteiger partial charge in [-0.3, -0.25) is 9.59 Å². The minimum Gasteiger partial charge on any atom is -0.352 e. The molecule has 0 radical (unpaired) electrons. The molecule has 0 aliphatic heterocycles. The topological polar surface area (TPSA) is 49.4 Å². The van der Waals surface area contributed by atoms with Gasteiger partial charge in [-0.2, -0.15) is 0 Å². The summed E-state index contributed by atoms with van der Waals surface area (Å²) in [6.45, 7) is 3.12. The lowest BCUT2D eigenvalue weighted by Crippen LogP contribution is -2.31. The molecule has 0 saturated heterocycles. The molecule has 1 N–H and O–H groups in total. The number of hydrogen-bond acceptors (Lipinski definition) is 2. The smallest absolute Gasteiger partial charge is 0.226 e. The second kappa shape index (κ2) is 7.51. The van der Waals surface area contributed by atoms with Crippen LogP contribution in [0.3, 0.4) is 0 Å². The van der Waals surface area contributed by atoms with E-state index in [2.05, 4.69) is 5.32 Å². The fraction of sp³-hybridized carbons (Fsp3) is 0.333. The van der Waals surface area contributed by atoms with E-state index in [1.54, 1.807) is 11.9 Å². The van der Waals surface area contributed by atoms with Crippen molar-refractivity contribution in [2.75, 3.05) is 7.05 Å². The first-order valence-electron chi connectivity index (χ1n) is 8.67. The second-order valence-corrected chi connectivity index (χ2v) is 6.83. The van der Waals surface area contributed by atoms with Crippen LogP contribution in [-0.4, -0.2) is 23.8 Å². The summed E-state index contributed by atoms with van der Waals surface area (Å²) in [5.74, 6) is -0.325. The average molecular weight is 336 g/mol. The van der Waals surface area contributed by atoms with E-state index in [-0.39, 0.29) is 23.7 Å². The Hall–Kier alpha value is -2.62. The van der Waals surface area contributed by atoms with Gasteiger partial charge in [-0.05, 0) is 24.5 Å². The van der Waals surface area contributed by atoms with Crippen molar-refractivity contribution >= 4 is 11.8 Å². The Kier molecular flexibility index (Phi) is 5.17. The van der Waals surface area contributed by atoms with Gasteiger partial charge in [0.05, 0.1) is 11.8 Å². The molecule has 1 aliphatic carbocycles. The lowest BCUT2D eigenvalue weighted by atomic mass is 10.1. The molecule has 130 valence electrons. The number of hydrogen-bond donors (Lipinski definition) is 1. The molecule has 0 aromatic heterocycles. The third kappa shape index (κ3) is 4.47. The van der Waals surface area contributed by atoms with E-state index in [4.69, 9.17) is 0 Å². The normalized spacial score (nSPS) is 18.5. The van der Waals surface area contributed by atoms with Gasteiger partial charge in [0.15, 0.2) is 0 Å². The Morgan fingerprint density at radius 2 is 1.68 bits per heavy atom. The van der Waals surface area contributed by atoms with Crippen LogP contribution >= 0.6 is 0 Å². The fourth-order valence-corrected chi connectivity index (χ4v) is 3.00. The van der Waals surface area contributed by atoms with Crippen LogP contribution in [0.2, 0.25) is 0 Å². The molecule has 3 rings (SSSR count). The average Bonchev–Trinajstić information content (AvgIpc) is 3.42. The summed E-state index contributed by atoms with van der Waals surface area (Å²) in [6, 6.07) is 18.0. The first-order valence-corrected chi connectivity index (χ1v) is 8.67. The van der Waals surface area contributed by atoms with Crippen molar-refractivity contribution in [3.63, 3.8) is 0 Å². The van der Waals surface area contributed by atoms with E-state index in [1.165, 1.54) is 5.56 Å². The Morgan fingerprint density at radius 3 is 2.36 bits per heavy atom. The molecule has 1 fully saturated rings. The molecule has 25 heavy (non-hydrogen) atoms. The zero-order valence-electron chi connectivity index (χ0n) is 14.7. The van der Waals surface area contributed by atoms with Gasteiger partial charge < -0.3 is 10.2 Å². The van der Waals surface area contributed by atoms with Crippen LogP contribution in [0.5, 0.6) is 0 Å². The van der Waals surface area contributed by atoms with Gasteiger partial charge >= 0.3 is 0 Å². The monoisotopic (exact) mass is 336 g/mol. The lowest BCUT2D eigenvalue weighted by Gasteiger charge is -2.17. The van der Waals surface area contributed by atoms with Crippen molar-refractivity contribution < 1.29 is 9.59 Å². The SMILES string of the molecule is Cc1ccc(CNC(=O)C2CC2C(=O)N(C)Cc2ccccc2)cc1. The molecule has 2 amide bonds. The highest BCUT2D eigenvalue weighted by molar-refractivity contribution is 5.92. The number of carbonyl (C=O) groups is 2. The van der Waals surface area contributed by atoms with Crippen molar-refractivity contribution in [3.8, 4) is 0 Å². The van der Waals surface area contributed by atoms with Gasteiger partial charge in [0.2, 0.25) is 11.8 Å². The Balaban J connectivity index is 1.47. The highest BCUT2D eigenvalue weighted by Gasteiger charge is 2.48. The summed E-state index contributed by atoms with van der Waals surface area (Å²) in [6.07, 6.45) is 0.650. The van der Waals surface area contributed by atoms with E-state index < -0.39 is 0 Å². The first kappa shape index (κ1) is 17.2. The van der Waals surface area contributed by atoms with Crippen molar-refractivity contribution in [1.29, 1.82) is 0 Å². The van der Waals surface area contributed by atoms with Gasteiger partial charge in [-0.15, -0.1) is 0 Å².